The molecule has 0 spiro atoms. The van der Waals surface area contributed by atoms with E-state index < -0.39 is 11.9 Å². The van der Waals surface area contributed by atoms with E-state index in [9.17, 15) is 14.4 Å². The SMILES string of the molecule is C#CCC1C(=O)C(C)C=c2ccc3c(c21)C(=O)C=c1ccccc1=3.O=C(O)c1cncnn1. The van der Waals surface area contributed by atoms with Crippen LogP contribution >= 0.6 is 0 Å². The van der Waals surface area contributed by atoms with Gasteiger partial charge in [-0.2, -0.15) is 0 Å². The quantitative estimate of drug-likeness (QED) is 0.607. The molecule has 0 fully saturated rings. The molecular formula is C26H19N3O4. The Morgan fingerprint density at radius 3 is 2.58 bits per heavy atom. The Morgan fingerprint density at radius 1 is 1.12 bits per heavy atom. The lowest BCUT2D eigenvalue weighted by Gasteiger charge is -2.25. The Morgan fingerprint density at radius 2 is 1.91 bits per heavy atom. The number of hydrogen-bond donors (Lipinski definition) is 1. The molecule has 2 unspecified atom stereocenters. The zero-order valence-electron chi connectivity index (χ0n) is 17.7. The normalized spacial score (nSPS) is 17.6. The summed E-state index contributed by atoms with van der Waals surface area (Å²) < 4.78 is 0. The molecule has 2 aliphatic carbocycles. The molecule has 33 heavy (non-hydrogen) atoms. The average molecular weight is 437 g/mol. The minimum Gasteiger partial charge on any atom is -0.476 e. The third-order valence-corrected chi connectivity index (χ3v) is 5.66. The van der Waals surface area contributed by atoms with Crippen molar-refractivity contribution in [2.24, 2.45) is 5.92 Å². The Kier molecular flexibility index (Phi) is 5.92. The van der Waals surface area contributed by atoms with Gasteiger partial charge in [0.1, 0.15) is 12.1 Å². The highest BCUT2D eigenvalue weighted by molar-refractivity contribution is 6.19. The smallest absolute Gasteiger partial charge is 0.358 e. The highest BCUT2D eigenvalue weighted by atomic mass is 16.4. The summed E-state index contributed by atoms with van der Waals surface area (Å²) >= 11 is 0. The van der Waals surface area contributed by atoms with Crippen molar-refractivity contribution in [3.63, 3.8) is 0 Å². The number of fused-ring (bicyclic) bond motifs is 4. The average Bonchev–Trinajstić information content (AvgIpc) is 2.82. The highest BCUT2D eigenvalue weighted by Gasteiger charge is 2.32. The van der Waals surface area contributed by atoms with Crippen molar-refractivity contribution < 1.29 is 19.5 Å². The molecule has 2 atom stereocenters. The van der Waals surface area contributed by atoms with Gasteiger partial charge in [-0.15, -0.1) is 22.5 Å². The van der Waals surface area contributed by atoms with Crippen LogP contribution in [-0.4, -0.2) is 37.8 Å². The lowest BCUT2D eigenvalue weighted by atomic mass is 9.76. The van der Waals surface area contributed by atoms with Gasteiger partial charge < -0.3 is 5.11 Å². The van der Waals surface area contributed by atoms with E-state index >= 15 is 0 Å². The minimum atomic E-state index is -1.12. The number of aromatic nitrogens is 3. The molecule has 0 radical (unpaired) electrons. The van der Waals surface area contributed by atoms with E-state index in [2.05, 4.69) is 21.1 Å². The molecule has 2 aromatic carbocycles. The van der Waals surface area contributed by atoms with Gasteiger partial charge in [0.05, 0.1) is 12.1 Å². The summed E-state index contributed by atoms with van der Waals surface area (Å²) in [4.78, 5) is 39.0. The lowest BCUT2D eigenvalue weighted by molar-refractivity contribution is -0.122. The van der Waals surface area contributed by atoms with E-state index in [4.69, 9.17) is 11.5 Å². The maximum Gasteiger partial charge on any atom is 0.358 e. The van der Waals surface area contributed by atoms with Crippen LogP contribution in [-0.2, 0) is 4.79 Å². The number of hydrogen-bond acceptors (Lipinski definition) is 6. The molecule has 3 aromatic rings. The van der Waals surface area contributed by atoms with Gasteiger partial charge in [-0.25, -0.2) is 9.78 Å². The van der Waals surface area contributed by atoms with Crippen LogP contribution in [0.5, 0.6) is 0 Å². The predicted molar refractivity (Wildman–Crippen MR) is 120 cm³/mol. The van der Waals surface area contributed by atoms with Crippen molar-refractivity contribution in [1.82, 2.24) is 15.2 Å². The fourth-order valence-electron chi connectivity index (χ4n) is 4.21. The summed E-state index contributed by atoms with van der Waals surface area (Å²) in [5.74, 6) is 0.976. The second-order valence-corrected chi connectivity index (χ2v) is 7.70. The van der Waals surface area contributed by atoms with Crippen molar-refractivity contribution in [3.05, 3.63) is 86.6 Å². The van der Waals surface area contributed by atoms with E-state index in [1.807, 2.05) is 49.4 Å². The van der Waals surface area contributed by atoms with Crippen LogP contribution in [0.1, 0.15) is 45.7 Å². The van der Waals surface area contributed by atoms with E-state index in [1.54, 1.807) is 6.08 Å². The molecule has 162 valence electrons. The number of ketones is 2. The zero-order chi connectivity index (χ0) is 23.5. The second-order valence-electron chi connectivity index (χ2n) is 7.70. The molecule has 0 amide bonds. The van der Waals surface area contributed by atoms with Gasteiger partial charge in [-0.3, -0.25) is 9.59 Å². The van der Waals surface area contributed by atoms with Gasteiger partial charge in [0, 0.05) is 17.9 Å². The standard InChI is InChI=1S/C22H16O2.C4H3N3O2/c1-3-6-18-20-15(11-13(2)22(18)24)9-10-17-16-8-5-4-7-14(16)12-19(23)21(17)20;8-4(9)3-1-5-2-6-7-3/h1,4-5,7-13,18H,6H2,2H3;1-2H,(H,8,9). The Hall–Kier alpha value is -4.44. The van der Waals surface area contributed by atoms with Crippen LogP contribution in [0.15, 0.2) is 48.9 Å². The lowest BCUT2D eigenvalue weighted by Crippen LogP contribution is -2.33. The van der Waals surface area contributed by atoms with Crippen LogP contribution in [0.4, 0.5) is 0 Å². The topological polar surface area (TPSA) is 110 Å². The van der Waals surface area contributed by atoms with Crippen molar-refractivity contribution in [2.45, 2.75) is 19.3 Å². The molecule has 0 aliphatic heterocycles. The maximum absolute atomic E-state index is 12.8. The van der Waals surface area contributed by atoms with Crippen molar-refractivity contribution in [1.29, 1.82) is 0 Å². The van der Waals surface area contributed by atoms with Gasteiger partial charge in [0.15, 0.2) is 11.5 Å². The van der Waals surface area contributed by atoms with E-state index in [0.29, 0.717) is 12.0 Å². The fourth-order valence-corrected chi connectivity index (χ4v) is 4.21. The number of terminal acetylenes is 1. The van der Waals surface area contributed by atoms with Crippen LogP contribution in [0.2, 0.25) is 0 Å². The largest absolute Gasteiger partial charge is 0.476 e. The molecular weight excluding hydrogens is 418 g/mol. The summed E-state index contributed by atoms with van der Waals surface area (Å²) in [5, 5.41) is 18.6. The van der Waals surface area contributed by atoms with Crippen LogP contribution in [0.3, 0.4) is 0 Å². The van der Waals surface area contributed by atoms with Gasteiger partial charge >= 0.3 is 5.97 Å². The van der Waals surface area contributed by atoms with Crippen LogP contribution < -0.4 is 10.4 Å². The zero-order valence-corrected chi connectivity index (χ0v) is 17.7. The summed E-state index contributed by atoms with van der Waals surface area (Å²) in [5.41, 5.74) is 1.31. The number of benzene rings is 2. The molecule has 1 N–H and O–H groups in total. The number of carboxylic acids is 1. The molecule has 7 heteroatoms. The first kappa shape index (κ1) is 21.8. The van der Waals surface area contributed by atoms with Gasteiger partial charge in [0.2, 0.25) is 0 Å². The number of rotatable bonds is 2. The molecule has 0 saturated heterocycles. The predicted octanol–water partition coefficient (Wildman–Crippen LogP) is 1.63. The first-order valence-electron chi connectivity index (χ1n) is 10.3. The van der Waals surface area contributed by atoms with E-state index in [1.165, 1.54) is 6.33 Å². The molecule has 0 bridgehead atoms. The van der Waals surface area contributed by atoms with Crippen molar-refractivity contribution >= 4 is 29.7 Å². The Bertz CT molecular complexity index is 1540. The molecule has 2 aliphatic rings. The van der Waals surface area contributed by atoms with Crippen LogP contribution in [0.25, 0.3) is 12.2 Å². The summed E-state index contributed by atoms with van der Waals surface area (Å²) in [6, 6.07) is 11.8. The number of Topliss-reactive ketones (excluding diaryl/α,β-unsaturated/α-hetero) is 2. The molecule has 7 nitrogen and oxygen atoms in total. The Balaban J connectivity index is 0.000000243. The van der Waals surface area contributed by atoms with E-state index in [-0.39, 0.29) is 23.2 Å². The van der Waals surface area contributed by atoms with Gasteiger partial charge in [-0.1, -0.05) is 49.4 Å². The highest BCUT2D eigenvalue weighted by Crippen LogP contribution is 2.30. The molecule has 1 heterocycles. The Labute approximate surface area is 188 Å². The third-order valence-electron chi connectivity index (χ3n) is 5.66. The van der Waals surface area contributed by atoms with Crippen molar-refractivity contribution in [3.8, 4) is 12.3 Å². The molecule has 1 aromatic heterocycles. The summed E-state index contributed by atoms with van der Waals surface area (Å²) in [7, 11) is 0. The number of nitrogens with zero attached hydrogens (tertiary/aromatic N) is 3. The molecule has 5 rings (SSSR count). The monoisotopic (exact) mass is 437 g/mol. The number of carbonyl (C=O) groups is 3. The number of carboxylic acid groups (broad SMARTS) is 1. The molecule has 0 saturated carbocycles. The number of aromatic carboxylic acids is 1. The maximum atomic E-state index is 12.8. The fraction of sp³-hybridized carbons (Fsp3) is 0.154. The second kappa shape index (κ2) is 8.97. The van der Waals surface area contributed by atoms with Crippen LogP contribution in [0, 0.1) is 28.7 Å². The van der Waals surface area contributed by atoms with Crippen molar-refractivity contribution in [2.75, 3.05) is 0 Å². The van der Waals surface area contributed by atoms with Gasteiger partial charge in [-0.05, 0) is 32.5 Å². The first-order valence-corrected chi connectivity index (χ1v) is 10.3. The van der Waals surface area contributed by atoms with E-state index in [0.717, 1.165) is 32.6 Å². The summed E-state index contributed by atoms with van der Waals surface area (Å²) in [6.07, 6.45) is 11.7. The number of carbonyl (C=O) groups excluding carboxylic acids is 2. The minimum absolute atomic E-state index is 0.0432. The third kappa shape index (κ3) is 4.06. The van der Waals surface area contributed by atoms with Gasteiger partial charge in [0.25, 0.3) is 0 Å². The summed E-state index contributed by atoms with van der Waals surface area (Å²) in [6.45, 7) is 1.89. The first-order chi connectivity index (χ1) is 15.9.